The van der Waals surface area contributed by atoms with Gasteiger partial charge in [-0.3, -0.25) is 4.79 Å². The molecule has 1 amide bonds. The summed E-state index contributed by atoms with van der Waals surface area (Å²) in [5.74, 6) is -0.257. The maximum atomic E-state index is 12.0. The van der Waals surface area contributed by atoms with E-state index >= 15 is 0 Å². The number of nitrogens with one attached hydrogen (secondary N) is 1. The molecule has 0 aliphatic rings. The Bertz CT molecular complexity index is 501. The number of methoxy groups -OCH3 is 2. The Morgan fingerprint density at radius 3 is 2.52 bits per heavy atom. The van der Waals surface area contributed by atoms with Gasteiger partial charge in [0, 0.05) is 6.04 Å². The average Bonchev–Trinajstić information content (AvgIpc) is 2.51. The molecule has 0 heterocycles. The van der Waals surface area contributed by atoms with Crippen molar-refractivity contribution in [2.45, 2.75) is 26.3 Å². The first-order chi connectivity index (χ1) is 10.0. The largest absolute Gasteiger partial charge is 0.493 e. The lowest BCUT2D eigenvalue weighted by Crippen LogP contribution is -2.35. The molecule has 0 spiro atoms. The first kappa shape index (κ1) is 16.8. The summed E-state index contributed by atoms with van der Waals surface area (Å²) < 4.78 is 15.2. The van der Waals surface area contributed by atoms with Crippen molar-refractivity contribution >= 4 is 11.9 Å². The minimum Gasteiger partial charge on any atom is -0.493 e. The SMILES string of the molecule is CC[C@H](C)NC(=O)COC(=O)c1cccc(OC)c1OC. The van der Waals surface area contributed by atoms with E-state index in [2.05, 4.69) is 5.32 Å². The van der Waals surface area contributed by atoms with Crippen molar-refractivity contribution in [2.75, 3.05) is 20.8 Å². The highest BCUT2D eigenvalue weighted by Gasteiger charge is 2.18. The molecule has 0 fully saturated rings. The van der Waals surface area contributed by atoms with Crippen LogP contribution in [-0.4, -0.2) is 38.7 Å². The van der Waals surface area contributed by atoms with Gasteiger partial charge in [-0.1, -0.05) is 13.0 Å². The number of para-hydroxylation sites is 1. The molecule has 0 bridgehead atoms. The van der Waals surface area contributed by atoms with E-state index in [0.717, 1.165) is 6.42 Å². The lowest BCUT2D eigenvalue weighted by atomic mass is 10.2. The summed E-state index contributed by atoms with van der Waals surface area (Å²) >= 11 is 0. The van der Waals surface area contributed by atoms with Crippen molar-refractivity contribution in [1.82, 2.24) is 5.32 Å². The van der Waals surface area contributed by atoms with E-state index in [0.29, 0.717) is 5.75 Å². The minimum atomic E-state index is -0.634. The molecule has 6 heteroatoms. The predicted molar refractivity (Wildman–Crippen MR) is 77.7 cm³/mol. The fourth-order valence-electron chi connectivity index (χ4n) is 1.68. The van der Waals surface area contributed by atoms with Gasteiger partial charge in [-0.25, -0.2) is 4.79 Å². The minimum absolute atomic E-state index is 0.0440. The number of hydrogen-bond donors (Lipinski definition) is 1. The molecule has 6 nitrogen and oxygen atoms in total. The van der Waals surface area contributed by atoms with Gasteiger partial charge in [0.15, 0.2) is 18.1 Å². The molecule has 0 radical (unpaired) electrons. The van der Waals surface area contributed by atoms with Crippen molar-refractivity contribution in [3.05, 3.63) is 23.8 Å². The van der Waals surface area contributed by atoms with E-state index in [9.17, 15) is 9.59 Å². The highest BCUT2D eigenvalue weighted by molar-refractivity contribution is 5.94. The summed E-state index contributed by atoms with van der Waals surface area (Å²) in [6.45, 7) is 3.51. The Balaban J connectivity index is 2.70. The van der Waals surface area contributed by atoms with Gasteiger partial charge in [-0.2, -0.15) is 0 Å². The summed E-state index contributed by atoms with van der Waals surface area (Å²) in [7, 11) is 2.91. The summed E-state index contributed by atoms with van der Waals surface area (Å²) in [5, 5.41) is 2.72. The number of amides is 1. The summed E-state index contributed by atoms with van der Waals surface area (Å²) in [6.07, 6.45) is 0.809. The maximum absolute atomic E-state index is 12.0. The number of esters is 1. The van der Waals surface area contributed by atoms with Crippen molar-refractivity contribution in [3.63, 3.8) is 0 Å². The molecule has 1 N–H and O–H groups in total. The van der Waals surface area contributed by atoms with Crippen LogP contribution >= 0.6 is 0 Å². The molecule has 0 saturated carbocycles. The molecular formula is C15H21NO5. The standard InChI is InChI=1S/C15H21NO5/c1-5-10(2)16-13(17)9-21-15(18)11-7-6-8-12(19-3)14(11)20-4/h6-8,10H,5,9H2,1-4H3,(H,16,17)/t10-/m0/s1. The molecule has 0 unspecified atom stereocenters. The van der Waals surface area contributed by atoms with Crippen LogP contribution in [0.3, 0.4) is 0 Å². The third-order valence-electron chi connectivity index (χ3n) is 2.98. The highest BCUT2D eigenvalue weighted by Crippen LogP contribution is 2.30. The second-order valence-corrected chi connectivity index (χ2v) is 4.49. The lowest BCUT2D eigenvalue weighted by Gasteiger charge is -2.13. The Kier molecular flexibility index (Phi) is 6.52. The van der Waals surface area contributed by atoms with Crippen LogP contribution in [0.1, 0.15) is 30.6 Å². The van der Waals surface area contributed by atoms with Crippen LogP contribution in [0.5, 0.6) is 11.5 Å². The van der Waals surface area contributed by atoms with E-state index in [4.69, 9.17) is 14.2 Å². The fraction of sp³-hybridized carbons (Fsp3) is 0.467. The number of ether oxygens (including phenoxy) is 3. The molecule has 1 atom stereocenters. The molecule has 1 rings (SSSR count). The van der Waals surface area contributed by atoms with Gasteiger partial charge in [-0.15, -0.1) is 0 Å². The summed E-state index contributed by atoms with van der Waals surface area (Å²) in [6, 6.07) is 4.92. The van der Waals surface area contributed by atoms with Gasteiger partial charge < -0.3 is 19.5 Å². The monoisotopic (exact) mass is 295 g/mol. The Morgan fingerprint density at radius 1 is 1.24 bits per heavy atom. The number of benzene rings is 1. The van der Waals surface area contributed by atoms with Crippen LogP contribution in [-0.2, 0) is 9.53 Å². The van der Waals surface area contributed by atoms with Crippen LogP contribution < -0.4 is 14.8 Å². The molecule has 1 aromatic rings. The molecule has 116 valence electrons. The van der Waals surface area contributed by atoms with Crippen LogP contribution in [0.2, 0.25) is 0 Å². The van der Waals surface area contributed by atoms with Gasteiger partial charge >= 0.3 is 5.97 Å². The summed E-state index contributed by atoms with van der Waals surface area (Å²) in [5.41, 5.74) is 0.216. The Hall–Kier alpha value is -2.24. The molecule has 21 heavy (non-hydrogen) atoms. The van der Waals surface area contributed by atoms with Crippen LogP contribution in [0.25, 0.3) is 0 Å². The molecular weight excluding hydrogens is 274 g/mol. The quantitative estimate of drug-likeness (QED) is 0.776. The van der Waals surface area contributed by atoms with Gasteiger partial charge in [0.2, 0.25) is 0 Å². The fourth-order valence-corrected chi connectivity index (χ4v) is 1.68. The molecule has 0 aliphatic carbocycles. The second-order valence-electron chi connectivity index (χ2n) is 4.49. The number of rotatable bonds is 7. The normalized spacial score (nSPS) is 11.4. The van der Waals surface area contributed by atoms with Crippen LogP contribution in [0.15, 0.2) is 18.2 Å². The van der Waals surface area contributed by atoms with Crippen molar-refractivity contribution in [1.29, 1.82) is 0 Å². The van der Waals surface area contributed by atoms with Crippen LogP contribution in [0.4, 0.5) is 0 Å². The third-order valence-corrected chi connectivity index (χ3v) is 2.98. The van der Waals surface area contributed by atoms with E-state index in [1.165, 1.54) is 14.2 Å². The Labute approximate surface area is 124 Å². The molecule has 1 aromatic carbocycles. The van der Waals surface area contributed by atoms with E-state index in [1.807, 2.05) is 13.8 Å². The van der Waals surface area contributed by atoms with E-state index < -0.39 is 5.97 Å². The van der Waals surface area contributed by atoms with Crippen molar-refractivity contribution in [2.24, 2.45) is 0 Å². The Morgan fingerprint density at radius 2 is 1.95 bits per heavy atom. The smallest absolute Gasteiger partial charge is 0.342 e. The summed E-state index contributed by atoms with van der Waals surface area (Å²) in [4.78, 5) is 23.6. The lowest BCUT2D eigenvalue weighted by molar-refractivity contribution is -0.124. The van der Waals surface area contributed by atoms with E-state index in [-0.39, 0.29) is 29.9 Å². The molecule has 0 aromatic heterocycles. The highest BCUT2D eigenvalue weighted by atomic mass is 16.5. The predicted octanol–water partition coefficient (Wildman–Crippen LogP) is 1.78. The maximum Gasteiger partial charge on any atom is 0.342 e. The van der Waals surface area contributed by atoms with Crippen LogP contribution in [0, 0.1) is 0 Å². The number of carbonyl (C=O) groups excluding carboxylic acids is 2. The average molecular weight is 295 g/mol. The van der Waals surface area contributed by atoms with Gasteiger partial charge in [0.1, 0.15) is 5.56 Å². The van der Waals surface area contributed by atoms with Crippen molar-refractivity contribution in [3.8, 4) is 11.5 Å². The van der Waals surface area contributed by atoms with E-state index in [1.54, 1.807) is 18.2 Å². The molecule has 0 aliphatic heterocycles. The van der Waals surface area contributed by atoms with Crippen molar-refractivity contribution < 1.29 is 23.8 Å². The van der Waals surface area contributed by atoms with Gasteiger partial charge in [-0.05, 0) is 25.5 Å². The zero-order chi connectivity index (χ0) is 15.8. The van der Waals surface area contributed by atoms with Gasteiger partial charge in [0.05, 0.1) is 14.2 Å². The first-order valence-electron chi connectivity index (χ1n) is 6.70. The zero-order valence-electron chi connectivity index (χ0n) is 12.8. The topological polar surface area (TPSA) is 73.9 Å². The number of hydrogen-bond acceptors (Lipinski definition) is 5. The second kappa shape index (κ2) is 8.14. The number of carbonyl (C=O) groups is 2. The zero-order valence-corrected chi connectivity index (χ0v) is 12.8. The third kappa shape index (κ3) is 4.66. The van der Waals surface area contributed by atoms with Gasteiger partial charge in [0.25, 0.3) is 5.91 Å². The molecule has 0 saturated heterocycles. The first-order valence-corrected chi connectivity index (χ1v) is 6.70.